The summed E-state index contributed by atoms with van der Waals surface area (Å²) < 4.78 is 0. The van der Waals surface area contributed by atoms with Crippen molar-refractivity contribution in [1.29, 1.82) is 0 Å². The number of aliphatic carboxylic acids is 1. The maximum atomic E-state index is 11.5. The Labute approximate surface area is 98.3 Å². The van der Waals surface area contributed by atoms with Crippen molar-refractivity contribution < 1.29 is 30.0 Å². The molecule has 1 aliphatic rings. The lowest BCUT2D eigenvalue weighted by molar-refractivity contribution is -0.144. The summed E-state index contributed by atoms with van der Waals surface area (Å²) >= 11 is 0. The van der Waals surface area contributed by atoms with Gasteiger partial charge in [0.2, 0.25) is 0 Å². The van der Waals surface area contributed by atoms with Crippen molar-refractivity contribution in [1.82, 2.24) is 4.90 Å². The molecule has 7 heteroatoms. The molecule has 1 rings (SSSR count). The summed E-state index contributed by atoms with van der Waals surface area (Å²) in [4.78, 5) is 23.8. The number of rotatable bonds is 6. The number of carboxylic acid groups (broad SMARTS) is 1. The Balaban J connectivity index is 2.53. The number of aliphatic hydroxyl groups excluding tert-OH is 3. The first kappa shape index (κ1) is 14.0. The predicted octanol–water partition coefficient (Wildman–Crippen LogP) is -2.18. The highest BCUT2D eigenvalue weighted by Gasteiger charge is 2.34. The Morgan fingerprint density at radius 3 is 2.53 bits per heavy atom. The molecule has 0 spiro atoms. The van der Waals surface area contributed by atoms with Crippen LogP contribution in [-0.4, -0.2) is 75.0 Å². The number of ketones is 1. The van der Waals surface area contributed by atoms with Crippen LogP contribution in [0.1, 0.15) is 12.8 Å². The van der Waals surface area contributed by atoms with E-state index in [0.29, 0.717) is 19.4 Å². The van der Waals surface area contributed by atoms with Gasteiger partial charge in [0.25, 0.3) is 0 Å². The van der Waals surface area contributed by atoms with E-state index in [9.17, 15) is 14.7 Å². The van der Waals surface area contributed by atoms with Gasteiger partial charge < -0.3 is 20.4 Å². The minimum atomic E-state index is -1.67. The van der Waals surface area contributed by atoms with Crippen LogP contribution in [0, 0.1) is 0 Å². The van der Waals surface area contributed by atoms with E-state index in [1.807, 2.05) is 0 Å². The molecule has 0 bridgehead atoms. The van der Waals surface area contributed by atoms with E-state index in [2.05, 4.69) is 0 Å². The van der Waals surface area contributed by atoms with Gasteiger partial charge in [0, 0.05) is 0 Å². The van der Waals surface area contributed by atoms with Crippen LogP contribution in [0.25, 0.3) is 0 Å². The standard InChI is InChI=1S/C10H17NO6/c12-5-8(14)9(15)7(13)4-11-3-1-2-6(11)10(16)17/h6,8-9,12,14-15H,1-5H2,(H,16,17)/t6-,8+,9+/m0/s1. The molecule has 0 aromatic carbocycles. The van der Waals surface area contributed by atoms with Gasteiger partial charge in [-0.3, -0.25) is 14.5 Å². The maximum absolute atomic E-state index is 11.5. The lowest BCUT2D eigenvalue weighted by Crippen LogP contribution is -2.45. The normalized spacial score (nSPS) is 24.5. The number of likely N-dealkylation sites (tertiary alicyclic amines) is 1. The zero-order valence-corrected chi connectivity index (χ0v) is 9.32. The highest BCUT2D eigenvalue weighted by atomic mass is 16.4. The van der Waals surface area contributed by atoms with E-state index in [1.54, 1.807) is 0 Å². The van der Waals surface area contributed by atoms with Gasteiger partial charge in [-0.2, -0.15) is 0 Å². The van der Waals surface area contributed by atoms with Crippen LogP contribution < -0.4 is 0 Å². The van der Waals surface area contributed by atoms with Crippen molar-refractivity contribution in [3.8, 4) is 0 Å². The first-order chi connectivity index (χ1) is 7.97. The molecule has 0 aliphatic carbocycles. The molecule has 0 saturated carbocycles. The number of carbonyl (C=O) groups is 2. The zero-order valence-electron chi connectivity index (χ0n) is 9.32. The Morgan fingerprint density at radius 1 is 1.35 bits per heavy atom. The Hall–Kier alpha value is -1.02. The van der Waals surface area contributed by atoms with Gasteiger partial charge in [-0.05, 0) is 19.4 Å². The average Bonchev–Trinajstić information content (AvgIpc) is 2.75. The third kappa shape index (κ3) is 3.47. The van der Waals surface area contributed by atoms with Crippen LogP contribution in [0.3, 0.4) is 0 Å². The third-order valence-corrected chi connectivity index (χ3v) is 2.89. The average molecular weight is 247 g/mol. The monoisotopic (exact) mass is 247 g/mol. The number of aliphatic hydroxyl groups is 3. The van der Waals surface area contributed by atoms with Gasteiger partial charge in [-0.25, -0.2) is 0 Å². The second-order valence-corrected chi connectivity index (χ2v) is 4.13. The summed E-state index contributed by atoms with van der Waals surface area (Å²) in [5, 5.41) is 35.9. The number of nitrogens with zero attached hydrogens (tertiary/aromatic N) is 1. The molecule has 1 aliphatic heterocycles. The fraction of sp³-hybridized carbons (Fsp3) is 0.800. The zero-order chi connectivity index (χ0) is 13.0. The largest absolute Gasteiger partial charge is 0.480 e. The van der Waals surface area contributed by atoms with Gasteiger partial charge >= 0.3 is 5.97 Å². The quantitative estimate of drug-likeness (QED) is 0.421. The Kier molecular flexibility index (Phi) is 5.01. The van der Waals surface area contributed by atoms with Gasteiger partial charge in [0.1, 0.15) is 18.2 Å². The van der Waals surface area contributed by atoms with Gasteiger partial charge in [0.15, 0.2) is 5.78 Å². The molecule has 1 saturated heterocycles. The third-order valence-electron chi connectivity index (χ3n) is 2.89. The van der Waals surface area contributed by atoms with Crippen LogP contribution in [0.5, 0.6) is 0 Å². The molecule has 0 unspecified atom stereocenters. The molecule has 4 N–H and O–H groups in total. The molecular formula is C10H17NO6. The lowest BCUT2D eigenvalue weighted by Gasteiger charge is -2.22. The number of hydrogen-bond donors (Lipinski definition) is 4. The molecule has 0 amide bonds. The van der Waals surface area contributed by atoms with Crippen molar-refractivity contribution >= 4 is 11.8 Å². The van der Waals surface area contributed by atoms with E-state index >= 15 is 0 Å². The Morgan fingerprint density at radius 2 is 2.00 bits per heavy atom. The number of carboxylic acids is 1. The SMILES string of the molecule is O=C(CN1CCC[C@H]1C(=O)O)[C@@H](O)[C@H](O)CO. The lowest BCUT2D eigenvalue weighted by atomic mass is 10.1. The predicted molar refractivity (Wildman–Crippen MR) is 56.3 cm³/mol. The molecule has 1 heterocycles. The summed E-state index contributed by atoms with van der Waals surface area (Å²) in [6.45, 7) is -0.463. The van der Waals surface area contributed by atoms with Gasteiger partial charge in [-0.15, -0.1) is 0 Å². The Bertz CT molecular complexity index is 295. The van der Waals surface area contributed by atoms with Crippen molar-refractivity contribution in [3.05, 3.63) is 0 Å². The van der Waals surface area contributed by atoms with Crippen molar-refractivity contribution in [2.75, 3.05) is 19.7 Å². The molecule has 0 aromatic heterocycles. The molecule has 0 aromatic rings. The van der Waals surface area contributed by atoms with Crippen LogP contribution in [0.2, 0.25) is 0 Å². The highest BCUT2D eigenvalue weighted by Crippen LogP contribution is 2.17. The van der Waals surface area contributed by atoms with E-state index in [1.165, 1.54) is 4.90 Å². The molecule has 7 nitrogen and oxygen atoms in total. The minimum Gasteiger partial charge on any atom is -0.480 e. The van der Waals surface area contributed by atoms with E-state index in [-0.39, 0.29) is 6.54 Å². The molecular weight excluding hydrogens is 230 g/mol. The molecule has 17 heavy (non-hydrogen) atoms. The van der Waals surface area contributed by atoms with Crippen molar-refractivity contribution in [2.24, 2.45) is 0 Å². The second-order valence-electron chi connectivity index (χ2n) is 4.13. The summed E-state index contributed by atoms with van der Waals surface area (Å²) in [6, 6.07) is -0.711. The second kappa shape index (κ2) is 6.06. The maximum Gasteiger partial charge on any atom is 0.320 e. The topological polar surface area (TPSA) is 118 Å². The highest BCUT2D eigenvalue weighted by molar-refractivity contribution is 5.86. The fourth-order valence-corrected chi connectivity index (χ4v) is 1.90. The van der Waals surface area contributed by atoms with E-state index < -0.39 is 36.6 Å². The smallest absolute Gasteiger partial charge is 0.320 e. The molecule has 98 valence electrons. The number of carbonyl (C=O) groups excluding carboxylic acids is 1. The molecule has 3 atom stereocenters. The van der Waals surface area contributed by atoms with Crippen LogP contribution in [-0.2, 0) is 9.59 Å². The number of hydrogen-bond acceptors (Lipinski definition) is 6. The number of Topliss-reactive ketones (excluding diaryl/α,β-unsaturated/α-hetero) is 1. The van der Waals surface area contributed by atoms with Crippen molar-refractivity contribution in [3.63, 3.8) is 0 Å². The summed E-state index contributed by atoms with van der Waals surface area (Å²) in [7, 11) is 0. The van der Waals surface area contributed by atoms with Crippen LogP contribution in [0.15, 0.2) is 0 Å². The van der Waals surface area contributed by atoms with Gasteiger partial charge in [0.05, 0.1) is 13.2 Å². The summed E-state index contributed by atoms with van der Waals surface area (Å²) in [6.07, 6.45) is -2.03. The summed E-state index contributed by atoms with van der Waals surface area (Å²) in [5.41, 5.74) is 0. The first-order valence-corrected chi connectivity index (χ1v) is 5.44. The molecule has 0 radical (unpaired) electrons. The van der Waals surface area contributed by atoms with Crippen LogP contribution in [0.4, 0.5) is 0 Å². The first-order valence-electron chi connectivity index (χ1n) is 5.44. The van der Waals surface area contributed by atoms with Crippen LogP contribution >= 0.6 is 0 Å². The minimum absolute atomic E-state index is 0.227. The van der Waals surface area contributed by atoms with E-state index in [0.717, 1.165) is 0 Å². The molecule has 1 fully saturated rings. The van der Waals surface area contributed by atoms with Crippen molar-refractivity contribution in [2.45, 2.75) is 31.1 Å². The summed E-state index contributed by atoms with van der Waals surface area (Å²) in [5.74, 6) is -1.67. The fourth-order valence-electron chi connectivity index (χ4n) is 1.90. The van der Waals surface area contributed by atoms with E-state index in [4.69, 9.17) is 15.3 Å². The van der Waals surface area contributed by atoms with Gasteiger partial charge in [-0.1, -0.05) is 0 Å².